The molecule has 0 radical (unpaired) electrons. The molecule has 0 fully saturated rings. The number of benzene rings is 1. The highest BCUT2D eigenvalue weighted by atomic mass is 35.5. The van der Waals surface area contributed by atoms with Crippen LogP contribution in [-0.4, -0.2) is 13.1 Å². The van der Waals surface area contributed by atoms with Crippen molar-refractivity contribution in [2.75, 3.05) is 18.0 Å². The molecule has 0 heterocycles. The van der Waals surface area contributed by atoms with E-state index in [9.17, 15) is 4.39 Å². The van der Waals surface area contributed by atoms with Gasteiger partial charge >= 0.3 is 0 Å². The Kier molecular flexibility index (Phi) is 5.26. The lowest BCUT2D eigenvalue weighted by Gasteiger charge is -2.22. The van der Waals surface area contributed by atoms with E-state index in [0.29, 0.717) is 25.9 Å². The minimum Gasteiger partial charge on any atom is -0.369 e. The van der Waals surface area contributed by atoms with Gasteiger partial charge in [0.2, 0.25) is 0 Å². The van der Waals surface area contributed by atoms with Crippen LogP contribution in [-0.2, 0) is 0 Å². The maximum absolute atomic E-state index is 13.0. The zero-order valence-corrected chi connectivity index (χ0v) is 9.91. The van der Waals surface area contributed by atoms with E-state index in [2.05, 4.69) is 0 Å². The predicted octanol–water partition coefficient (Wildman–Crippen LogP) is 3.11. The van der Waals surface area contributed by atoms with Crippen molar-refractivity contribution in [3.63, 3.8) is 0 Å². The quantitative estimate of drug-likeness (QED) is 0.808. The maximum Gasteiger partial charge on any atom is 0.141 e. The normalized spacial score (nSPS) is 9.41. The van der Waals surface area contributed by atoms with Crippen molar-refractivity contribution in [2.45, 2.75) is 12.8 Å². The lowest BCUT2D eigenvalue weighted by molar-refractivity contribution is 0.627. The fraction of sp³-hybridized carbons (Fsp3) is 0.333. The van der Waals surface area contributed by atoms with E-state index < -0.39 is 5.82 Å². The molecule has 0 aliphatic heterocycles. The van der Waals surface area contributed by atoms with Crippen molar-refractivity contribution in [1.82, 2.24) is 0 Å². The molecule has 88 valence electrons. The summed E-state index contributed by atoms with van der Waals surface area (Å²) in [6, 6.07) is 8.46. The Morgan fingerprint density at radius 1 is 1.18 bits per heavy atom. The highest BCUT2D eigenvalue weighted by Crippen LogP contribution is 2.22. The van der Waals surface area contributed by atoms with Crippen molar-refractivity contribution in [2.24, 2.45) is 0 Å². The van der Waals surface area contributed by atoms with Crippen LogP contribution < -0.4 is 4.90 Å². The van der Waals surface area contributed by atoms with E-state index in [1.807, 2.05) is 17.0 Å². The maximum atomic E-state index is 13.0. The van der Waals surface area contributed by atoms with E-state index in [-0.39, 0.29) is 5.02 Å². The van der Waals surface area contributed by atoms with Crippen LogP contribution in [0.2, 0.25) is 5.02 Å². The first-order valence-corrected chi connectivity index (χ1v) is 5.50. The number of halogens is 2. The molecule has 0 N–H and O–H groups in total. The molecule has 17 heavy (non-hydrogen) atoms. The summed E-state index contributed by atoms with van der Waals surface area (Å²) in [4.78, 5) is 1.84. The smallest absolute Gasteiger partial charge is 0.141 e. The Labute approximate surface area is 105 Å². The monoisotopic (exact) mass is 251 g/mol. The minimum absolute atomic E-state index is 0.0430. The van der Waals surface area contributed by atoms with Gasteiger partial charge in [-0.2, -0.15) is 10.5 Å². The molecule has 0 aliphatic rings. The summed E-state index contributed by atoms with van der Waals surface area (Å²) < 4.78 is 13.0. The average Bonchev–Trinajstić information content (AvgIpc) is 2.33. The number of anilines is 1. The van der Waals surface area contributed by atoms with Gasteiger partial charge in [0.25, 0.3) is 0 Å². The number of nitriles is 2. The van der Waals surface area contributed by atoms with Gasteiger partial charge < -0.3 is 4.90 Å². The number of hydrogen-bond acceptors (Lipinski definition) is 3. The Bertz CT molecular complexity index is 444. The second-order valence-electron chi connectivity index (χ2n) is 3.40. The third-order valence-corrected chi connectivity index (χ3v) is 2.55. The summed E-state index contributed by atoms with van der Waals surface area (Å²) in [5.41, 5.74) is 0.724. The van der Waals surface area contributed by atoms with Gasteiger partial charge in [0.05, 0.1) is 30.0 Å². The van der Waals surface area contributed by atoms with Crippen LogP contribution in [0.1, 0.15) is 12.8 Å². The van der Waals surface area contributed by atoms with Crippen molar-refractivity contribution >= 4 is 17.3 Å². The molecule has 0 spiro atoms. The van der Waals surface area contributed by atoms with Crippen LogP contribution in [0.15, 0.2) is 18.2 Å². The van der Waals surface area contributed by atoms with Crippen LogP contribution in [0.5, 0.6) is 0 Å². The minimum atomic E-state index is -0.476. The molecule has 1 aromatic rings. The van der Waals surface area contributed by atoms with E-state index in [1.165, 1.54) is 12.1 Å². The highest BCUT2D eigenvalue weighted by Gasteiger charge is 2.08. The summed E-state index contributed by atoms with van der Waals surface area (Å²) >= 11 is 5.69. The van der Waals surface area contributed by atoms with Gasteiger partial charge in [-0.25, -0.2) is 4.39 Å². The van der Waals surface area contributed by atoms with Gasteiger partial charge in [-0.05, 0) is 18.2 Å². The first-order chi connectivity index (χ1) is 8.19. The molecule has 0 saturated carbocycles. The molecule has 3 nitrogen and oxygen atoms in total. The first-order valence-electron chi connectivity index (χ1n) is 5.13. The standard InChI is InChI=1S/C12H11ClFN3/c13-11-9-10(3-4-12(11)14)17(7-1-5-15)8-2-6-16/h3-4,9H,1-2,7-8H2. The molecule has 0 saturated heterocycles. The summed E-state index contributed by atoms with van der Waals surface area (Å²) in [5.74, 6) is -0.476. The predicted molar refractivity (Wildman–Crippen MR) is 64.1 cm³/mol. The van der Waals surface area contributed by atoms with E-state index in [0.717, 1.165) is 5.69 Å². The van der Waals surface area contributed by atoms with Crippen LogP contribution in [0, 0.1) is 28.5 Å². The SMILES string of the molecule is N#CCCN(CCC#N)c1ccc(F)c(Cl)c1. The van der Waals surface area contributed by atoms with Gasteiger partial charge in [-0.15, -0.1) is 0 Å². The molecule has 5 heteroatoms. The fourth-order valence-electron chi connectivity index (χ4n) is 1.42. The van der Waals surface area contributed by atoms with E-state index in [1.54, 1.807) is 6.07 Å². The molecular weight excluding hydrogens is 241 g/mol. The summed E-state index contributed by atoms with van der Waals surface area (Å²) in [6.07, 6.45) is 0.695. The Morgan fingerprint density at radius 3 is 2.24 bits per heavy atom. The van der Waals surface area contributed by atoms with Crippen molar-refractivity contribution < 1.29 is 4.39 Å². The third kappa shape index (κ3) is 3.94. The zero-order valence-electron chi connectivity index (χ0n) is 9.16. The molecule has 0 aliphatic carbocycles. The zero-order chi connectivity index (χ0) is 12.7. The summed E-state index contributed by atoms with van der Waals surface area (Å²) in [5, 5.41) is 17.2. The third-order valence-electron chi connectivity index (χ3n) is 2.26. The second-order valence-corrected chi connectivity index (χ2v) is 3.81. The molecule has 1 aromatic carbocycles. The van der Waals surface area contributed by atoms with Crippen molar-refractivity contribution in [1.29, 1.82) is 10.5 Å². The summed E-state index contributed by atoms with van der Waals surface area (Å²) in [6.45, 7) is 1.00. The molecule has 1 rings (SSSR count). The average molecular weight is 252 g/mol. The molecule has 0 aromatic heterocycles. The first kappa shape index (κ1) is 13.3. The molecule has 0 unspecified atom stereocenters. The number of rotatable bonds is 5. The lowest BCUT2D eigenvalue weighted by Crippen LogP contribution is -2.25. The van der Waals surface area contributed by atoms with Crippen molar-refractivity contribution in [3.05, 3.63) is 29.0 Å². The van der Waals surface area contributed by atoms with Gasteiger partial charge in [0.1, 0.15) is 5.82 Å². The summed E-state index contributed by atoms with van der Waals surface area (Å²) in [7, 11) is 0. The van der Waals surface area contributed by atoms with Gasteiger partial charge in [0.15, 0.2) is 0 Å². The van der Waals surface area contributed by atoms with Gasteiger partial charge in [0, 0.05) is 18.8 Å². The topological polar surface area (TPSA) is 50.8 Å². The lowest BCUT2D eigenvalue weighted by atomic mass is 10.2. The van der Waals surface area contributed by atoms with Crippen LogP contribution >= 0.6 is 11.6 Å². The molecule has 0 amide bonds. The van der Waals surface area contributed by atoms with Crippen molar-refractivity contribution in [3.8, 4) is 12.1 Å². The second kappa shape index (κ2) is 6.73. The fourth-order valence-corrected chi connectivity index (χ4v) is 1.60. The van der Waals surface area contributed by atoms with E-state index >= 15 is 0 Å². The number of nitrogens with zero attached hydrogens (tertiary/aromatic N) is 3. The van der Waals surface area contributed by atoms with Crippen LogP contribution in [0.25, 0.3) is 0 Å². The Balaban J connectivity index is 2.84. The highest BCUT2D eigenvalue weighted by molar-refractivity contribution is 6.31. The Morgan fingerprint density at radius 2 is 1.76 bits per heavy atom. The number of hydrogen-bond donors (Lipinski definition) is 0. The van der Waals surface area contributed by atoms with Gasteiger partial charge in [-0.3, -0.25) is 0 Å². The van der Waals surface area contributed by atoms with Crippen LogP contribution in [0.3, 0.4) is 0 Å². The largest absolute Gasteiger partial charge is 0.369 e. The van der Waals surface area contributed by atoms with E-state index in [4.69, 9.17) is 22.1 Å². The van der Waals surface area contributed by atoms with Gasteiger partial charge in [-0.1, -0.05) is 11.6 Å². The van der Waals surface area contributed by atoms with Crippen LogP contribution in [0.4, 0.5) is 10.1 Å². The molecule has 0 bridgehead atoms. The molecular formula is C12H11ClFN3. The Hall–Kier alpha value is -1.78. The molecule has 0 atom stereocenters.